The summed E-state index contributed by atoms with van der Waals surface area (Å²) >= 11 is 0. The normalized spacial score (nSPS) is 15.0. The molecule has 0 fully saturated rings. The second-order valence-electron chi connectivity index (χ2n) is 4.64. The third kappa shape index (κ3) is 3.99. The lowest BCUT2D eigenvalue weighted by Gasteiger charge is -2.23. The van der Waals surface area contributed by atoms with Crippen LogP contribution in [0.3, 0.4) is 0 Å². The predicted octanol–water partition coefficient (Wildman–Crippen LogP) is 2.15. The first-order chi connectivity index (χ1) is 7.59. The minimum atomic E-state index is -0.585. The van der Waals surface area contributed by atoms with Crippen molar-refractivity contribution in [3.05, 3.63) is 24.0 Å². The van der Waals surface area contributed by atoms with Gasteiger partial charge in [-0.25, -0.2) is 0 Å². The van der Waals surface area contributed by atoms with Gasteiger partial charge in [0.05, 0.1) is 5.60 Å². The van der Waals surface area contributed by atoms with E-state index in [-0.39, 0.29) is 0 Å². The van der Waals surface area contributed by atoms with Gasteiger partial charge in [0.15, 0.2) is 0 Å². The standard InChI is InChI=1S/C13H24N2O/c1-4-8-13(3,16)11-14-10-12-7-6-9-15(12)5-2/h6-7,9,14,16H,4-5,8,10-11H2,1-3H3. The maximum absolute atomic E-state index is 10.0. The summed E-state index contributed by atoms with van der Waals surface area (Å²) in [5, 5.41) is 13.3. The molecule has 0 saturated carbocycles. The summed E-state index contributed by atoms with van der Waals surface area (Å²) in [4.78, 5) is 0. The highest BCUT2D eigenvalue weighted by Gasteiger charge is 2.18. The molecule has 0 aliphatic heterocycles. The van der Waals surface area contributed by atoms with Gasteiger partial charge in [-0.1, -0.05) is 13.3 Å². The summed E-state index contributed by atoms with van der Waals surface area (Å²) < 4.78 is 2.21. The molecule has 2 N–H and O–H groups in total. The second kappa shape index (κ2) is 6.06. The fourth-order valence-electron chi connectivity index (χ4n) is 2.01. The molecule has 16 heavy (non-hydrogen) atoms. The third-order valence-corrected chi connectivity index (χ3v) is 2.86. The van der Waals surface area contributed by atoms with Gasteiger partial charge in [0.1, 0.15) is 0 Å². The van der Waals surface area contributed by atoms with Crippen molar-refractivity contribution in [2.24, 2.45) is 0 Å². The van der Waals surface area contributed by atoms with Crippen LogP contribution < -0.4 is 5.32 Å². The van der Waals surface area contributed by atoms with Crippen LogP contribution in [-0.4, -0.2) is 21.8 Å². The summed E-state index contributed by atoms with van der Waals surface area (Å²) in [5.74, 6) is 0. The molecule has 1 unspecified atom stereocenters. The zero-order valence-electron chi connectivity index (χ0n) is 10.7. The lowest BCUT2D eigenvalue weighted by molar-refractivity contribution is 0.0496. The average molecular weight is 224 g/mol. The Labute approximate surface area is 98.5 Å². The summed E-state index contributed by atoms with van der Waals surface area (Å²) in [6.45, 7) is 8.58. The SMILES string of the molecule is CCCC(C)(O)CNCc1cccn1CC. The number of nitrogens with one attached hydrogen (secondary N) is 1. The number of aromatic nitrogens is 1. The molecule has 1 heterocycles. The van der Waals surface area contributed by atoms with Gasteiger partial charge >= 0.3 is 0 Å². The largest absolute Gasteiger partial charge is 0.389 e. The Hall–Kier alpha value is -0.800. The van der Waals surface area contributed by atoms with Crippen molar-refractivity contribution in [2.45, 2.75) is 52.3 Å². The minimum absolute atomic E-state index is 0.585. The number of aryl methyl sites for hydroxylation is 1. The number of aliphatic hydroxyl groups is 1. The number of hydrogen-bond acceptors (Lipinski definition) is 2. The summed E-state index contributed by atoms with van der Waals surface area (Å²) in [5.41, 5.74) is 0.688. The van der Waals surface area contributed by atoms with Crippen LogP contribution in [0.5, 0.6) is 0 Å². The molecule has 0 aromatic carbocycles. The molecule has 0 amide bonds. The van der Waals surface area contributed by atoms with Crippen LogP contribution >= 0.6 is 0 Å². The molecule has 3 nitrogen and oxygen atoms in total. The topological polar surface area (TPSA) is 37.2 Å². The molecule has 0 spiro atoms. The lowest BCUT2D eigenvalue weighted by atomic mass is 10.0. The van der Waals surface area contributed by atoms with Gasteiger partial charge in [0.2, 0.25) is 0 Å². The van der Waals surface area contributed by atoms with Crippen LogP contribution in [0.2, 0.25) is 0 Å². The Kier molecular flexibility index (Phi) is 5.03. The van der Waals surface area contributed by atoms with E-state index in [1.54, 1.807) is 0 Å². The van der Waals surface area contributed by atoms with Gasteiger partial charge in [-0.15, -0.1) is 0 Å². The highest BCUT2D eigenvalue weighted by Crippen LogP contribution is 2.10. The van der Waals surface area contributed by atoms with Gasteiger partial charge in [-0.3, -0.25) is 0 Å². The molecule has 0 saturated heterocycles. The molecule has 1 aromatic rings. The van der Waals surface area contributed by atoms with Crippen molar-refractivity contribution in [1.29, 1.82) is 0 Å². The Balaban J connectivity index is 2.35. The first-order valence-electron chi connectivity index (χ1n) is 6.16. The van der Waals surface area contributed by atoms with Crippen LogP contribution in [0.4, 0.5) is 0 Å². The van der Waals surface area contributed by atoms with Crippen molar-refractivity contribution in [1.82, 2.24) is 9.88 Å². The molecule has 0 aliphatic carbocycles. The van der Waals surface area contributed by atoms with Gasteiger partial charge < -0.3 is 15.0 Å². The van der Waals surface area contributed by atoms with Crippen molar-refractivity contribution in [3.8, 4) is 0 Å². The van der Waals surface area contributed by atoms with Gasteiger partial charge in [-0.2, -0.15) is 0 Å². The molecular weight excluding hydrogens is 200 g/mol. The first kappa shape index (κ1) is 13.3. The van der Waals surface area contributed by atoms with Crippen LogP contribution in [-0.2, 0) is 13.1 Å². The maximum atomic E-state index is 10.0. The summed E-state index contributed by atoms with van der Waals surface area (Å²) in [6, 6.07) is 4.18. The number of nitrogens with zero attached hydrogens (tertiary/aromatic N) is 1. The molecule has 3 heteroatoms. The van der Waals surface area contributed by atoms with E-state index in [9.17, 15) is 5.11 Å². The van der Waals surface area contributed by atoms with Crippen LogP contribution in [0, 0.1) is 0 Å². The molecule has 0 radical (unpaired) electrons. The molecule has 0 bridgehead atoms. The smallest absolute Gasteiger partial charge is 0.0743 e. The van der Waals surface area contributed by atoms with E-state index in [0.717, 1.165) is 25.9 Å². The van der Waals surface area contributed by atoms with Gasteiger partial charge in [-0.05, 0) is 32.4 Å². The average Bonchev–Trinajstić information content (AvgIpc) is 2.64. The zero-order chi connectivity index (χ0) is 12.0. The van der Waals surface area contributed by atoms with Crippen LogP contribution in [0.15, 0.2) is 18.3 Å². The van der Waals surface area contributed by atoms with Gasteiger partial charge in [0, 0.05) is 31.5 Å². The van der Waals surface area contributed by atoms with E-state index in [0.29, 0.717) is 6.54 Å². The van der Waals surface area contributed by atoms with E-state index >= 15 is 0 Å². The van der Waals surface area contributed by atoms with E-state index < -0.39 is 5.60 Å². The number of hydrogen-bond donors (Lipinski definition) is 2. The Morgan fingerprint density at radius 3 is 2.81 bits per heavy atom. The fraction of sp³-hybridized carbons (Fsp3) is 0.692. The molecule has 92 valence electrons. The third-order valence-electron chi connectivity index (χ3n) is 2.86. The lowest BCUT2D eigenvalue weighted by Crippen LogP contribution is -2.37. The molecule has 1 rings (SSSR count). The monoisotopic (exact) mass is 224 g/mol. The maximum Gasteiger partial charge on any atom is 0.0743 e. The molecular formula is C13H24N2O. The molecule has 1 aromatic heterocycles. The van der Waals surface area contributed by atoms with Crippen molar-refractivity contribution < 1.29 is 5.11 Å². The highest BCUT2D eigenvalue weighted by molar-refractivity contribution is 5.06. The van der Waals surface area contributed by atoms with Crippen molar-refractivity contribution >= 4 is 0 Å². The van der Waals surface area contributed by atoms with E-state index in [1.165, 1.54) is 5.69 Å². The molecule has 0 aliphatic rings. The quantitative estimate of drug-likeness (QED) is 0.744. The van der Waals surface area contributed by atoms with E-state index in [2.05, 4.69) is 42.1 Å². The summed E-state index contributed by atoms with van der Waals surface area (Å²) in [6.07, 6.45) is 3.94. The van der Waals surface area contributed by atoms with Crippen molar-refractivity contribution in [2.75, 3.05) is 6.54 Å². The first-order valence-corrected chi connectivity index (χ1v) is 6.16. The second-order valence-corrected chi connectivity index (χ2v) is 4.64. The van der Waals surface area contributed by atoms with E-state index in [4.69, 9.17) is 0 Å². The highest BCUT2D eigenvalue weighted by atomic mass is 16.3. The van der Waals surface area contributed by atoms with Crippen LogP contribution in [0.25, 0.3) is 0 Å². The molecule has 1 atom stereocenters. The van der Waals surface area contributed by atoms with Crippen molar-refractivity contribution in [3.63, 3.8) is 0 Å². The summed E-state index contributed by atoms with van der Waals surface area (Å²) in [7, 11) is 0. The Morgan fingerprint density at radius 1 is 1.44 bits per heavy atom. The van der Waals surface area contributed by atoms with Crippen LogP contribution in [0.1, 0.15) is 39.3 Å². The fourth-order valence-corrected chi connectivity index (χ4v) is 2.01. The minimum Gasteiger partial charge on any atom is -0.389 e. The number of rotatable bonds is 7. The Morgan fingerprint density at radius 2 is 2.19 bits per heavy atom. The van der Waals surface area contributed by atoms with Gasteiger partial charge in [0.25, 0.3) is 0 Å². The predicted molar refractivity (Wildman–Crippen MR) is 67.3 cm³/mol. The zero-order valence-corrected chi connectivity index (χ0v) is 10.7. The van der Waals surface area contributed by atoms with E-state index in [1.807, 2.05) is 6.92 Å². The Bertz CT molecular complexity index is 305.